The second-order valence-corrected chi connectivity index (χ2v) is 14.6. The highest BCUT2D eigenvalue weighted by Crippen LogP contribution is 2.42. The molecule has 1 N–H and O–H groups in total. The van der Waals surface area contributed by atoms with Crippen molar-refractivity contribution in [1.29, 1.82) is 0 Å². The van der Waals surface area contributed by atoms with Crippen LogP contribution in [0.15, 0.2) is 47.9 Å². The van der Waals surface area contributed by atoms with Gasteiger partial charge in [-0.15, -0.1) is 17.8 Å². The average molecular weight is 744 g/mol. The standard InChI is InChI=1S/C38H33F4N7O3S/c1-3-25-28(40)6-5-22-13-24(50)14-26(31(22)25)33-32(42)34-27(17-44-33)35(46-37(45-34)52-20-38-7-4-9-48(38)19-23(39)16-38)49-11-10-47(18-21(49)2)36(51)29(41)15-30-43-8-12-53-30/h1,5-6,8,12-15,17,21,23,50H,4,7,9-11,16,18-20H2,2H3/b29-15-/t21-,23+,38-/m0/s1. The number of carbonyl (C=O) groups is 1. The Labute approximate surface area is 305 Å². The van der Waals surface area contributed by atoms with Crippen LogP contribution in [-0.4, -0.2) is 97.8 Å². The van der Waals surface area contributed by atoms with E-state index in [0.29, 0.717) is 23.4 Å². The van der Waals surface area contributed by atoms with E-state index in [0.717, 1.165) is 25.5 Å². The zero-order valence-electron chi connectivity index (χ0n) is 28.5. The smallest absolute Gasteiger partial charge is 0.319 e. The predicted molar refractivity (Wildman–Crippen MR) is 193 cm³/mol. The molecule has 0 bridgehead atoms. The largest absolute Gasteiger partial charge is 0.508 e. The van der Waals surface area contributed by atoms with Crippen LogP contribution in [0.5, 0.6) is 11.8 Å². The van der Waals surface area contributed by atoms with Crippen molar-refractivity contribution in [2.24, 2.45) is 0 Å². The Balaban J connectivity index is 1.20. The number of hydrogen-bond donors (Lipinski definition) is 1. The van der Waals surface area contributed by atoms with Crippen LogP contribution in [0.3, 0.4) is 0 Å². The quantitative estimate of drug-likeness (QED) is 0.117. The summed E-state index contributed by atoms with van der Waals surface area (Å²) in [6.07, 6.45) is 10.6. The number of carbonyl (C=O) groups excluding carboxylic acids is 1. The number of hydrogen-bond acceptors (Lipinski definition) is 10. The molecule has 2 aromatic carbocycles. The lowest BCUT2D eigenvalue weighted by molar-refractivity contribution is -0.129. The fourth-order valence-corrected chi connectivity index (χ4v) is 8.53. The number of fused-ring (bicyclic) bond motifs is 3. The highest BCUT2D eigenvalue weighted by molar-refractivity contribution is 7.10. The summed E-state index contributed by atoms with van der Waals surface area (Å²) in [5.74, 6) is -0.894. The first-order valence-corrected chi connectivity index (χ1v) is 18.1. The number of thiazole rings is 1. The first kappa shape index (κ1) is 34.7. The average Bonchev–Trinajstić information content (AvgIpc) is 3.87. The number of ether oxygens (including phenoxy) is 1. The van der Waals surface area contributed by atoms with E-state index in [9.17, 15) is 23.1 Å². The molecule has 8 rings (SSSR count). The van der Waals surface area contributed by atoms with Gasteiger partial charge in [0, 0.05) is 73.4 Å². The molecule has 0 radical (unpaired) electrons. The van der Waals surface area contributed by atoms with Crippen molar-refractivity contribution in [3.8, 4) is 35.4 Å². The maximum absolute atomic E-state index is 17.0. The number of alkyl halides is 1. The van der Waals surface area contributed by atoms with Crippen LogP contribution >= 0.6 is 11.3 Å². The van der Waals surface area contributed by atoms with E-state index in [-0.39, 0.29) is 76.9 Å². The number of amides is 1. The van der Waals surface area contributed by atoms with Gasteiger partial charge >= 0.3 is 6.01 Å². The number of halogens is 4. The lowest BCUT2D eigenvalue weighted by Gasteiger charge is -2.40. The molecule has 3 aromatic heterocycles. The molecule has 272 valence electrons. The van der Waals surface area contributed by atoms with E-state index < -0.39 is 41.1 Å². The van der Waals surface area contributed by atoms with Crippen LogP contribution in [-0.2, 0) is 4.79 Å². The van der Waals surface area contributed by atoms with Crippen LogP contribution < -0.4 is 9.64 Å². The zero-order valence-corrected chi connectivity index (χ0v) is 29.3. The predicted octanol–water partition coefficient (Wildman–Crippen LogP) is 6.27. The monoisotopic (exact) mass is 743 g/mol. The van der Waals surface area contributed by atoms with E-state index in [2.05, 4.69) is 25.8 Å². The molecule has 6 heterocycles. The Morgan fingerprint density at radius 2 is 2.04 bits per heavy atom. The highest BCUT2D eigenvalue weighted by atomic mass is 32.1. The van der Waals surface area contributed by atoms with Crippen molar-refractivity contribution in [2.45, 2.75) is 43.9 Å². The van der Waals surface area contributed by atoms with Crippen LogP contribution in [0.1, 0.15) is 36.8 Å². The molecule has 0 unspecified atom stereocenters. The van der Waals surface area contributed by atoms with E-state index in [1.807, 2.05) is 11.8 Å². The Kier molecular flexibility index (Phi) is 8.90. The van der Waals surface area contributed by atoms with Crippen molar-refractivity contribution < 1.29 is 32.2 Å². The number of anilines is 1. The first-order chi connectivity index (χ1) is 25.5. The molecule has 0 saturated carbocycles. The lowest BCUT2D eigenvalue weighted by Crippen LogP contribution is -2.54. The number of rotatable bonds is 7. The fraction of sp³-hybridized carbons (Fsp3) is 0.342. The molecule has 1 amide bonds. The maximum Gasteiger partial charge on any atom is 0.319 e. The van der Waals surface area contributed by atoms with Crippen LogP contribution in [0.25, 0.3) is 39.0 Å². The molecule has 3 fully saturated rings. The molecule has 15 heteroatoms. The normalized spacial score (nSPS) is 22.1. The Morgan fingerprint density at radius 1 is 1.19 bits per heavy atom. The molecular formula is C38H33F4N7O3S. The summed E-state index contributed by atoms with van der Waals surface area (Å²) in [5, 5.41) is 13.4. The van der Waals surface area contributed by atoms with Crippen molar-refractivity contribution in [3.05, 3.63) is 70.1 Å². The number of phenols is 1. The minimum Gasteiger partial charge on any atom is -0.508 e. The molecule has 3 aliphatic heterocycles. The molecule has 0 aliphatic carbocycles. The van der Waals surface area contributed by atoms with E-state index in [4.69, 9.17) is 16.1 Å². The molecule has 0 spiro atoms. The second kappa shape index (κ2) is 13.6. The van der Waals surface area contributed by atoms with Gasteiger partial charge in [-0.25, -0.2) is 22.5 Å². The summed E-state index contributed by atoms with van der Waals surface area (Å²) >= 11 is 1.21. The third kappa shape index (κ3) is 6.19. The molecular weight excluding hydrogens is 711 g/mol. The zero-order chi connectivity index (χ0) is 37.0. The lowest BCUT2D eigenvalue weighted by atomic mass is 9.95. The number of aromatic hydroxyl groups is 1. The van der Waals surface area contributed by atoms with Crippen molar-refractivity contribution in [2.75, 3.05) is 44.2 Å². The summed E-state index contributed by atoms with van der Waals surface area (Å²) in [6, 6.07) is 4.70. The van der Waals surface area contributed by atoms with Gasteiger partial charge in [-0.1, -0.05) is 12.0 Å². The number of aromatic nitrogens is 4. The topological polar surface area (TPSA) is 108 Å². The van der Waals surface area contributed by atoms with Crippen molar-refractivity contribution in [1.82, 2.24) is 29.7 Å². The maximum atomic E-state index is 17.0. The molecule has 53 heavy (non-hydrogen) atoms. The SMILES string of the molecule is C#Cc1c(F)ccc2cc(O)cc(-c3ncc4c(N5CCN(C(=O)/C(F)=C/c6nccs6)C[C@@H]5C)nc(OC[C@@]56CCCN5C[C@H](F)C6)nc4c3F)c12. The molecule has 10 nitrogen and oxygen atoms in total. The summed E-state index contributed by atoms with van der Waals surface area (Å²) < 4.78 is 67.6. The summed E-state index contributed by atoms with van der Waals surface area (Å²) in [4.78, 5) is 36.1. The van der Waals surface area contributed by atoms with Gasteiger partial charge in [-0.05, 0) is 49.9 Å². The van der Waals surface area contributed by atoms with Gasteiger partial charge in [0.25, 0.3) is 5.91 Å². The third-order valence-electron chi connectivity index (χ3n) is 10.4. The van der Waals surface area contributed by atoms with Crippen LogP contribution in [0.4, 0.5) is 23.4 Å². The summed E-state index contributed by atoms with van der Waals surface area (Å²) in [7, 11) is 0. The Morgan fingerprint density at radius 3 is 2.81 bits per heavy atom. The van der Waals surface area contributed by atoms with Gasteiger partial charge < -0.3 is 19.6 Å². The minimum absolute atomic E-state index is 0.0586. The van der Waals surface area contributed by atoms with Gasteiger partial charge in [0.1, 0.15) is 46.4 Å². The number of pyridine rings is 1. The van der Waals surface area contributed by atoms with Gasteiger partial charge in [0.2, 0.25) is 0 Å². The van der Waals surface area contributed by atoms with Gasteiger partial charge in [0.05, 0.1) is 16.5 Å². The first-order valence-electron chi connectivity index (χ1n) is 17.2. The van der Waals surface area contributed by atoms with E-state index >= 15 is 4.39 Å². The van der Waals surface area contributed by atoms with Crippen LogP contribution in [0, 0.1) is 24.0 Å². The highest BCUT2D eigenvalue weighted by Gasteiger charge is 2.49. The molecule has 5 aromatic rings. The number of benzene rings is 2. The van der Waals surface area contributed by atoms with E-state index in [1.54, 1.807) is 5.38 Å². The number of terminal acetylenes is 1. The van der Waals surface area contributed by atoms with Gasteiger partial charge in [-0.3, -0.25) is 14.7 Å². The summed E-state index contributed by atoms with van der Waals surface area (Å²) in [6.45, 7) is 3.43. The Hall–Kier alpha value is -5.33. The second-order valence-electron chi connectivity index (χ2n) is 13.7. The Bertz CT molecular complexity index is 2340. The number of nitrogens with zero attached hydrogens (tertiary/aromatic N) is 7. The number of piperazine rings is 1. The third-order valence-corrected chi connectivity index (χ3v) is 11.1. The molecule has 3 atom stereocenters. The number of phenolic OH excluding ortho intramolecular Hbond substituents is 1. The summed E-state index contributed by atoms with van der Waals surface area (Å²) in [5.41, 5.74) is -0.995. The van der Waals surface area contributed by atoms with Crippen molar-refractivity contribution in [3.63, 3.8) is 0 Å². The van der Waals surface area contributed by atoms with Crippen molar-refractivity contribution >= 4 is 50.8 Å². The van der Waals surface area contributed by atoms with Gasteiger partial charge in [0.15, 0.2) is 11.6 Å². The fourth-order valence-electron chi connectivity index (χ4n) is 7.98. The van der Waals surface area contributed by atoms with E-state index in [1.165, 1.54) is 52.9 Å². The van der Waals surface area contributed by atoms with Crippen LogP contribution in [0.2, 0.25) is 0 Å². The minimum atomic E-state index is -0.992. The molecule has 3 saturated heterocycles. The van der Waals surface area contributed by atoms with Gasteiger partial charge in [-0.2, -0.15) is 9.97 Å². The molecule has 3 aliphatic rings.